The van der Waals surface area contributed by atoms with Crippen molar-refractivity contribution in [2.75, 3.05) is 31.1 Å². The number of anilines is 1. The largest absolute Gasteiger partial charge is 0.347 e. The Hall–Kier alpha value is -1.17. The zero-order valence-electron chi connectivity index (χ0n) is 19.9. The van der Waals surface area contributed by atoms with Gasteiger partial charge in [0.2, 0.25) is 11.0 Å². The Morgan fingerprint density at radius 2 is 1.71 bits per heavy atom. The molecule has 1 aromatic heterocycles. The molecule has 4 rings (SSSR count). The summed E-state index contributed by atoms with van der Waals surface area (Å²) in [5, 5.41) is 10.7. The van der Waals surface area contributed by atoms with Gasteiger partial charge >= 0.3 is 0 Å². The van der Waals surface area contributed by atoms with Gasteiger partial charge in [-0.15, -0.1) is 10.2 Å². The lowest BCUT2D eigenvalue weighted by atomic mass is 9.77. The highest BCUT2D eigenvalue weighted by Gasteiger charge is 2.36. The first-order valence-electron chi connectivity index (χ1n) is 12.8. The molecule has 2 atom stereocenters. The molecule has 3 fully saturated rings. The number of carbonyl (C=O) groups is 1. The van der Waals surface area contributed by atoms with Crippen LogP contribution in [0.3, 0.4) is 0 Å². The summed E-state index contributed by atoms with van der Waals surface area (Å²) in [6, 6.07) is 0. The maximum atomic E-state index is 13.6. The normalized spacial score (nSPS) is 25.2. The number of amides is 1. The van der Waals surface area contributed by atoms with Crippen LogP contribution in [0.1, 0.15) is 83.1 Å². The molecule has 1 amide bonds. The van der Waals surface area contributed by atoms with Gasteiger partial charge < -0.3 is 9.80 Å². The number of piperidine rings is 2. The Bertz CT molecular complexity index is 706. The average Bonchev–Trinajstić information content (AvgIpc) is 3.24. The quantitative estimate of drug-likeness (QED) is 0.575. The van der Waals surface area contributed by atoms with Gasteiger partial charge in [0, 0.05) is 32.1 Å². The minimum Gasteiger partial charge on any atom is -0.347 e. The molecule has 31 heavy (non-hydrogen) atoms. The Morgan fingerprint density at radius 1 is 0.968 bits per heavy atom. The fraction of sp³-hybridized carbons (Fsp3) is 0.880. The second kappa shape index (κ2) is 10.6. The lowest BCUT2D eigenvalue weighted by Gasteiger charge is -2.42. The molecule has 5 nitrogen and oxygen atoms in total. The van der Waals surface area contributed by atoms with Gasteiger partial charge in [-0.05, 0) is 62.7 Å². The maximum Gasteiger partial charge on any atom is 0.225 e. The molecule has 0 N–H and O–H groups in total. The van der Waals surface area contributed by atoms with Crippen molar-refractivity contribution in [1.82, 2.24) is 15.1 Å². The van der Waals surface area contributed by atoms with E-state index in [4.69, 9.17) is 0 Å². The van der Waals surface area contributed by atoms with Crippen LogP contribution in [0.15, 0.2) is 0 Å². The van der Waals surface area contributed by atoms with E-state index in [1.807, 2.05) is 6.92 Å². The summed E-state index contributed by atoms with van der Waals surface area (Å²) in [5.41, 5.74) is 0. The monoisotopic (exact) mass is 446 g/mol. The summed E-state index contributed by atoms with van der Waals surface area (Å²) < 4.78 is 0. The molecular formula is C25H42N4OS. The van der Waals surface area contributed by atoms with E-state index < -0.39 is 0 Å². The van der Waals surface area contributed by atoms with Crippen molar-refractivity contribution in [3.05, 3.63) is 5.01 Å². The summed E-state index contributed by atoms with van der Waals surface area (Å²) in [5.74, 6) is 3.35. The number of likely N-dealkylation sites (tertiary alicyclic amines) is 1. The third kappa shape index (κ3) is 5.80. The molecule has 1 saturated carbocycles. The van der Waals surface area contributed by atoms with E-state index >= 15 is 0 Å². The van der Waals surface area contributed by atoms with Gasteiger partial charge in [-0.2, -0.15) is 0 Å². The summed E-state index contributed by atoms with van der Waals surface area (Å²) in [4.78, 5) is 18.3. The molecule has 1 aliphatic carbocycles. The Labute approximate surface area is 193 Å². The van der Waals surface area contributed by atoms with Crippen LogP contribution in [-0.4, -0.2) is 47.2 Å². The molecule has 0 radical (unpaired) electrons. The highest BCUT2D eigenvalue weighted by Crippen LogP contribution is 2.36. The van der Waals surface area contributed by atoms with Crippen molar-refractivity contribution in [3.63, 3.8) is 0 Å². The first kappa shape index (κ1) is 23.0. The SMILES string of the molecule is Cc1nnc(N2CCC(C3CCCN(C(=O)C(CC4CCCCC4)C(C)C)C3)CC2)s1. The molecule has 0 spiro atoms. The first-order chi connectivity index (χ1) is 15.0. The molecule has 0 bridgehead atoms. The second-order valence-electron chi connectivity index (χ2n) is 10.7. The van der Waals surface area contributed by atoms with Crippen LogP contribution in [0, 0.1) is 36.5 Å². The Morgan fingerprint density at radius 3 is 2.35 bits per heavy atom. The molecule has 1 aromatic rings. The number of aryl methyl sites for hydroxylation is 1. The maximum absolute atomic E-state index is 13.6. The summed E-state index contributed by atoms with van der Waals surface area (Å²) >= 11 is 1.71. The lowest BCUT2D eigenvalue weighted by molar-refractivity contribution is -0.140. The topological polar surface area (TPSA) is 49.3 Å². The number of carbonyl (C=O) groups excluding carboxylic acids is 1. The smallest absolute Gasteiger partial charge is 0.225 e. The molecule has 3 aliphatic rings. The van der Waals surface area contributed by atoms with Crippen molar-refractivity contribution in [1.29, 1.82) is 0 Å². The molecule has 174 valence electrons. The fourth-order valence-corrected chi connectivity index (χ4v) is 6.98. The third-order valence-corrected chi connectivity index (χ3v) is 9.10. The number of rotatable bonds is 6. The molecule has 3 heterocycles. The van der Waals surface area contributed by atoms with Gasteiger partial charge in [0.25, 0.3) is 0 Å². The van der Waals surface area contributed by atoms with Crippen LogP contribution in [0.5, 0.6) is 0 Å². The van der Waals surface area contributed by atoms with Gasteiger partial charge in [-0.25, -0.2) is 0 Å². The highest BCUT2D eigenvalue weighted by atomic mass is 32.1. The number of aromatic nitrogens is 2. The Kier molecular flexibility index (Phi) is 7.89. The highest BCUT2D eigenvalue weighted by molar-refractivity contribution is 7.15. The summed E-state index contributed by atoms with van der Waals surface area (Å²) in [7, 11) is 0. The van der Waals surface area contributed by atoms with E-state index in [0.717, 1.165) is 54.6 Å². The van der Waals surface area contributed by atoms with Gasteiger partial charge in [0.1, 0.15) is 5.01 Å². The number of hydrogen-bond acceptors (Lipinski definition) is 5. The molecule has 2 aliphatic heterocycles. The van der Waals surface area contributed by atoms with E-state index in [9.17, 15) is 4.79 Å². The molecule has 0 aromatic carbocycles. The van der Waals surface area contributed by atoms with E-state index in [2.05, 4.69) is 33.8 Å². The number of nitrogens with zero attached hydrogens (tertiary/aromatic N) is 4. The van der Waals surface area contributed by atoms with Crippen molar-refractivity contribution >= 4 is 22.4 Å². The predicted octanol–water partition coefficient (Wildman–Crippen LogP) is 5.54. The zero-order chi connectivity index (χ0) is 21.8. The van der Waals surface area contributed by atoms with Crippen LogP contribution < -0.4 is 4.90 Å². The van der Waals surface area contributed by atoms with Crippen LogP contribution in [-0.2, 0) is 4.79 Å². The second-order valence-corrected chi connectivity index (χ2v) is 11.9. The van der Waals surface area contributed by atoms with Crippen LogP contribution in [0.25, 0.3) is 0 Å². The fourth-order valence-electron chi connectivity index (χ4n) is 6.25. The standard InChI is InChI=1S/C25H42N4OS/c1-18(2)23(16-20-8-5-4-6-9-20)24(30)29-13-7-10-22(17-29)21-11-14-28(15-12-21)25-27-26-19(3)31-25/h18,20-23H,4-17H2,1-3H3. The van der Waals surface area contributed by atoms with Crippen molar-refractivity contribution in [2.45, 2.75) is 85.0 Å². The van der Waals surface area contributed by atoms with Crippen LogP contribution in [0.2, 0.25) is 0 Å². The van der Waals surface area contributed by atoms with Gasteiger partial charge in [0.05, 0.1) is 0 Å². The van der Waals surface area contributed by atoms with Gasteiger partial charge in [-0.1, -0.05) is 57.3 Å². The van der Waals surface area contributed by atoms with Crippen molar-refractivity contribution in [3.8, 4) is 0 Å². The summed E-state index contributed by atoms with van der Waals surface area (Å²) in [6.45, 7) is 10.7. The molecule has 2 saturated heterocycles. The number of hydrogen-bond donors (Lipinski definition) is 0. The minimum absolute atomic E-state index is 0.226. The predicted molar refractivity (Wildman–Crippen MR) is 128 cm³/mol. The zero-order valence-corrected chi connectivity index (χ0v) is 20.7. The van der Waals surface area contributed by atoms with Crippen molar-refractivity contribution in [2.24, 2.45) is 29.6 Å². The van der Waals surface area contributed by atoms with E-state index in [0.29, 0.717) is 17.7 Å². The first-order valence-corrected chi connectivity index (χ1v) is 13.7. The van der Waals surface area contributed by atoms with E-state index in [1.54, 1.807) is 11.3 Å². The molecule has 2 unspecified atom stereocenters. The van der Waals surface area contributed by atoms with E-state index in [-0.39, 0.29) is 5.92 Å². The van der Waals surface area contributed by atoms with E-state index in [1.165, 1.54) is 57.8 Å². The third-order valence-electron chi connectivity index (χ3n) is 8.20. The lowest BCUT2D eigenvalue weighted by Crippen LogP contribution is -2.47. The molecular weight excluding hydrogens is 404 g/mol. The van der Waals surface area contributed by atoms with Crippen LogP contribution >= 0.6 is 11.3 Å². The Balaban J connectivity index is 1.31. The average molecular weight is 447 g/mol. The summed E-state index contributed by atoms with van der Waals surface area (Å²) in [6.07, 6.45) is 12.8. The van der Waals surface area contributed by atoms with Crippen LogP contribution in [0.4, 0.5) is 5.13 Å². The molecule has 6 heteroatoms. The minimum atomic E-state index is 0.226. The van der Waals surface area contributed by atoms with Crippen molar-refractivity contribution < 1.29 is 4.79 Å². The van der Waals surface area contributed by atoms with Gasteiger partial charge in [0.15, 0.2) is 0 Å². The van der Waals surface area contributed by atoms with Gasteiger partial charge in [-0.3, -0.25) is 4.79 Å².